The van der Waals surface area contributed by atoms with Crippen molar-refractivity contribution in [2.24, 2.45) is 0 Å². The van der Waals surface area contributed by atoms with Crippen LogP contribution in [0, 0.1) is 6.92 Å². The highest BCUT2D eigenvalue weighted by molar-refractivity contribution is 5.82. The largest absolute Gasteiger partial charge is 0.466 e. The van der Waals surface area contributed by atoms with Crippen molar-refractivity contribution in [2.75, 3.05) is 7.11 Å². The van der Waals surface area contributed by atoms with E-state index in [1.165, 1.54) is 0 Å². The van der Waals surface area contributed by atoms with E-state index >= 15 is 0 Å². The molecule has 2 rings (SSSR count). The molecule has 27 heavy (non-hydrogen) atoms. The van der Waals surface area contributed by atoms with Crippen LogP contribution in [0.5, 0.6) is 0 Å². The number of carbonyl (C=O) groups excluding carboxylic acids is 1. The van der Waals surface area contributed by atoms with Gasteiger partial charge in [0.1, 0.15) is 0 Å². The van der Waals surface area contributed by atoms with Crippen LogP contribution in [0.1, 0.15) is 37.6 Å². The summed E-state index contributed by atoms with van der Waals surface area (Å²) >= 11 is 0. The third kappa shape index (κ3) is 3.39. The first kappa shape index (κ1) is 20.8. The third-order valence-corrected chi connectivity index (χ3v) is 4.32. The van der Waals surface area contributed by atoms with E-state index in [1.54, 1.807) is 24.3 Å². The van der Waals surface area contributed by atoms with Crippen LogP contribution in [0.25, 0.3) is 5.69 Å². The average molecular weight is 386 g/mol. The zero-order chi connectivity index (χ0) is 20.8. The molecule has 6 nitrogen and oxygen atoms in total. The molecule has 0 saturated heterocycles. The van der Waals surface area contributed by atoms with Gasteiger partial charge in [-0.2, -0.15) is 13.2 Å². The first-order chi connectivity index (χ1) is 12.2. The molecule has 1 atom stereocenters. The Morgan fingerprint density at radius 3 is 2.07 bits per heavy atom. The zero-order valence-electron chi connectivity index (χ0n) is 15.6. The van der Waals surface area contributed by atoms with Gasteiger partial charge in [0, 0.05) is 5.69 Å². The molecule has 0 bridgehead atoms. The number of nitrogens with zero attached hydrogens (tertiary/aromatic N) is 1. The second-order valence-electron chi connectivity index (χ2n) is 7.25. The summed E-state index contributed by atoms with van der Waals surface area (Å²) in [7, 11) is 0.699. The maximum atomic E-state index is 13.5. The topological polar surface area (TPSA) is 84.3 Å². The second kappa shape index (κ2) is 6.56. The van der Waals surface area contributed by atoms with Crippen molar-refractivity contribution in [3.8, 4) is 5.69 Å². The summed E-state index contributed by atoms with van der Waals surface area (Å²) in [5.41, 5.74) is -5.62. The summed E-state index contributed by atoms with van der Waals surface area (Å²) in [4.78, 5) is 24.4. The standard InChI is InChI=1S/C18H21F3N2O4/c1-10-13(17(26,15(25)27-5)18(19,20)21)14(24)23(22-10)12-8-6-11(7-9-12)16(2,3)4/h6-9,22,26H,1-5H3. The van der Waals surface area contributed by atoms with Crippen LogP contribution in [0.2, 0.25) is 0 Å². The van der Waals surface area contributed by atoms with E-state index in [9.17, 15) is 27.9 Å². The molecule has 0 saturated carbocycles. The van der Waals surface area contributed by atoms with Gasteiger partial charge in [-0.1, -0.05) is 32.9 Å². The number of alkyl halides is 3. The van der Waals surface area contributed by atoms with Gasteiger partial charge in [-0.05, 0) is 30.0 Å². The first-order valence-electron chi connectivity index (χ1n) is 8.05. The Balaban J connectivity index is 2.67. The van der Waals surface area contributed by atoms with Crippen LogP contribution >= 0.6 is 0 Å². The number of H-pyrrole nitrogens is 1. The number of nitrogens with one attached hydrogen (secondary N) is 1. The number of benzene rings is 1. The Morgan fingerprint density at radius 2 is 1.67 bits per heavy atom. The maximum Gasteiger partial charge on any atom is 0.432 e. The number of aliphatic hydroxyl groups is 1. The van der Waals surface area contributed by atoms with Crippen molar-refractivity contribution < 1.29 is 27.8 Å². The van der Waals surface area contributed by atoms with E-state index in [-0.39, 0.29) is 16.8 Å². The molecule has 1 aromatic carbocycles. The molecule has 0 spiro atoms. The summed E-state index contributed by atoms with van der Waals surface area (Å²) in [6.45, 7) is 7.14. The molecule has 0 fully saturated rings. The molecule has 1 unspecified atom stereocenters. The number of hydrogen-bond acceptors (Lipinski definition) is 4. The van der Waals surface area contributed by atoms with Crippen LogP contribution in [0.4, 0.5) is 13.2 Å². The number of esters is 1. The number of hydrogen-bond donors (Lipinski definition) is 2. The lowest BCUT2D eigenvalue weighted by Gasteiger charge is -2.26. The van der Waals surface area contributed by atoms with Gasteiger partial charge in [0.2, 0.25) is 0 Å². The number of aryl methyl sites for hydroxylation is 1. The van der Waals surface area contributed by atoms with E-state index in [2.05, 4.69) is 9.84 Å². The number of rotatable bonds is 3. The molecule has 2 aromatic rings. The minimum atomic E-state index is -5.44. The molecule has 0 aliphatic carbocycles. The smallest absolute Gasteiger partial charge is 0.432 e. The van der Waals surface area contributed by atoms with Crippen LogP contribution in [-0.2, 0) is 20.5 Å². The van der Waals surface area contributed by atoms with E-state index in [0.29, 0.717) is 7.11 Å². The number of aromatic amines is 1. The van der Waals surface area contributed by atoms with E-state index < -0.39 is 28.9 Å². The van der Waals surface area contributed by atoms with Crippen LogP contribution in [0.3, 0.4) is 0 Å². The average Bonchev–Trinajstić information content (AvgIpc) is 2.86. The summed E-state index contributed by atoms with van der Waals surface area (Å²) < 4.78 is 45.4. The highest BCUT2D eigenvalue weighted by Gasteiger charge is 2.64. The molecule has 148 valence electrons. The van der Waals surface area contributed by atoms with Gasteiger partial charge in [0.15, 0.2) is 0 Å². The van der Waals surface area contributed by atoms with Crippen molar-refractivity contribution in [1.82, 2.24) is 9.78 Å². The van der Waals surface area contributed by atoms with Crippen LogP contribution < -0.4 is 5.56 Å². The molecule has 1 aromatic heterocycles. The molecule has 0 aliphatic heterocycles. The van der Waals surface area contributed by atoms with Crippen molar-refractivity contribution >= 4 is 5.97 Å². The number of ether oxygens (including phenoxy) is 1. The fourth-order valence-corrected chi connectivity index (χ4v) is 2.77. The highest BCUT2D eigenvalue weighted by Crippen LogP contribution is 2.39. The Labute approximate surface area is 153 Å². The Kier molecular flexibility index (Phi) is 5.04. The number of aromatic nitrogens is 2. The quantitative estimate of drug-likeness (QED) is 0.795. The normalized spacial score (nSPS) is 14.7. The molecule has 9 heteroatoms. The lowest BCUT2D eigenvalue weighted by molar-refractivity contribution is -0.267. The van der Waals surface area contributed by atoms with E-state index in [1.807, 2.05) is 20.8 Å². The van der Waals surface area contributed by atoms with Crippen LogP contribution in [-0.4, -0.2) is 34.1 Å². The summed E-state index contributed by atoms with van der Waals surface area (Å²) in [5, 5.41) is 12.6. The first-order valence-corrected chi connectivity index (χ1v) is 8.05. The Hall–Kier alpha value is -2.55. The summed E-state index contributed by atoms with van der Waals surface area (Å²) in [6.07, 6.45) is -5.44. The van der Waals surface area contributed by atoms with Crippen LogP contribution in [0.15, 0.2) is 29.1 Å². The van der Waals surface area contributed by atoms with E-state index in [4.69, 9.17) is 0 Å². The molecule has 0 amide bonds. The molecule has 1 heterocycles. The number of carbonyl (C=O) groups is 1. The minimum Gasteiger partial charge on any atom is -0.466 e. The number of methoxy groups -OCH3 is 1. The van der Waals surface area contributed by atoms with Gasteiger partial charge >= 0.3 is 12.1 Å². The van der Waals surface area contributed by atoms with Gasteiger partial charge in [0.05, 0.1) is 18.4 Å². The Bertz CT molecular complexity index is 905. The van der Waals surface area contributed by atoms with Gasteiger partial charge in [-0.25, -0.2) is 9.48 Å². The maximum absolute atomic E-state index is 13.5. The highest BCUT2D eigenvalue weighted by atomic mass is 19.4. The molecular formula is C18H21F3N2O4. The van der Waals surface area contributed by atoms with Gasteiger partial charge in [0.25, 0.3) is 11.2 Å². The number of halogens is 3. The van der Waals surface area contributed by atoms with Crippen molar-refractivity contribution in [3.05, 3.63) is 51.4 Å². The van der Waals surface area contributed by atoms with Crippen molar-refractivity contribution in [3.63, 3.8) is 0 Å². The molecule has 2 N–H and O–H groups in total. The second-order valence-corrected chi connectivity index (χ2v) is 7.25. The SMILES string of the molecule is COC(=O)C(O)(c1c(C)[nH]n(-c2ccc(C(C)(C)C)cc2)c1=O)C(F)(F)F. The molecular weight excluding hydrogens is 365 g/mol. The Morgan fingerprint density at radius 1 is 1.15 bits per heavy atom. The van der Waals surface area contributed by atoms with E-state index in [0.717, 1.165) is 17.2 Å². The monoisotopic (exact) mass is 386 g/mol. The fraction of sp³-hybridized carbons (Fsp3) is 0.444. The lowest BCUT2D eigenvalue weighted by Crippen LogP contribution is -2.52. The van der Waals surface area contributed by atoms with Gasteiger partial charge in [-0.15, -0.1) is 0 Å². The minimum absolute atomic E-state index is 0.151. The van der Waals surface area contributed by atoms with Crippen molar-refractivity contribution in [2.45, 2.75) is 44.9 Å². The predicted octanol–water partition coefficient (Wildman–Crippen LogP) is 2.69. The van der Waals surface area contributed by atoms with Gasteiger partial charge < -0.3 is 9.84 Å². The predicted molar refractivity (Wildman–Crippen MR) is 91.8 cm³/mol. The summed E-state index contributed by atoms with van der Waals surface area (Å²) in [6, 6.07) is 6.61. The third-order valence-electron chi connectivity index (χ3n) is 4.32. The van der Waals surface area contributed by atoms with Gasteiger partial charge in [-0.3, -0.25) is 9.89 Å². The lowest BCUT2D eigenvalue weighted by atomic mass is 9.87. The zero-order valence-corrected chi connectivity index (χ0v) is 15.6. The fourth-order valence-electron chi connectivity index (χ4n) is 2.77. The molecule has 0 aliphatic rings. The molecule has 0 radical (unpaired) electrons. The summed E-state index contributed by atoms with van der Waals surface area (Å²) in [5.74, 6) is -1.98. The van der Waals surface area contributed by atoms with Crippen molar-refractivity contribution in [1.29, 1.82) is 0 Å².